The molecule has 0 fully saturated rings. The zero-order chi connectivity index (χ0) is 17.0. The highest BCUT2D eigenvalue weighted by molar-refractivity contribution is 9.10. The Hall–Kier alpha value is -2.26. The number of halogens is 1. The third-order valence-electron chi connectivity index (χ3n) is 3.35. The molecule has 2 aromatic rings. The quantitative estimate of drug-likeness (QED) is 0.709. The number of nitriles is 1. The van der Waals surface area contributed by atoms with Crippen molar-refractivity contribution in [3.63, 3.8) is 0 Å². The van der Waals surface area contributed by atoms with E-state index in [1.54, 1.807) is 13.3 Å². The van der Waals surface area contributed by atoms with Crippen molar-refractivity contribution in [1.29, 1.82) is 5.26 Å². The SMILES string of the molecule is CCOc1cc(C=Nc2oc(C)c(C)c2C#N)cc(Br)c1OC. The van der Waals surface area contributed by atoms with E-state index in [0.717, 1.165) is 15.6 Å². The minimum Gasteiger partial charge on any atom is -0.492 e. The summed E-state index contributed by atoms with van der Waals surface area (Å²) in [6.07, 6.45) is 1.63. The van der Waals surface area contributed by atoms with Gasteiger partial charge >= 0.3 is 0 Å². The van der Waals surface area contributed by atoms with Crippen LogP contribution in [0.2, 0.25) is 0 Å². The average molecular weight is 377 g/mol. The van der Waals surface area contributed by atoms with E-state index in [-0.39, 0.29) is 0 Å². The predicted molar refractivity (Wildman–Crippen MR) is 92.0 cm³/mol. The minimum absolute atomic E-state index is 0.312. The van der Waals surface area contributed by atoms with Gasteiger partial charge in [-0.1, -0.05) is 0 Å². The van der Waals surface area contributed by atoms with E-state index in [1.165, 1.54) is 0 Å². The first-order chi connectivity index (χ1) is 11.0. The Morgan fingerprint density at radius 2 is 2.13 bits per heavy atom. The monoisotopic (exact) mass is 376 g/mol. The summed E-state index contributed by atoms with van der Waals surface area (Å²) in [5.74, 6) is 2.26. The summed E-state index contributed by atoms with van der Waals surface area (Å²) in [5.41, 5.74) is 2.07. The van der Waals surface area contributed by atoms with E-state index in [1.807, 2.05) is 32.9 Å². The number of hydrogen-bond donors (Lipinski definition) is 0. The van der Waals surface area contributed by atoms with Gasteiger partial charge in [-0.15, -0.1) is 0 Å². The maximum atomic E-state index is 9.21. The lowest BCUT2D eigenvalue weighted by atomic mass is 10.2. The van der Waals surface area contributed by atoms with E-state index in [9.17, 15) is 5.26 Å². The van der Waals surface area contributed by atoms with Gasteiger partial charge in [-0.05, 0) is 54.4 Å². The third kappa shape index (κ3) is 3.57. The standard InChI is InChI=1S/C17H17BrN2O3/c1-5-22-15-7-12(6-14(18)16(15)21-4)9-20-17-13(8-19)10(2)11(3)23-17/h6-7,9H,5H2,1-4H3. The van der Waals surface area contributed by atoms with E-state index in [0.29, 0.717) is 35.3 Å². The summed E-state index contributed by atoms with van der Waals surface area (Å²) in [6, 6.07) is 5.81. The van der Waals surface area contributed by atoms with Gasteiger partial charge in [0.15, 0.2) is 11.5 Å². The van der Waals surface area contributed by atoms with Crippen LogP contribution in [0.3, 0.4) is 0 Å². The Kier molecular flexibility index (Phi) is 5.45. The van der Waals surface area contributed by atoms with Gasteiger partial charge in [0.25, 0.3) is 0 Å². The minimum atomic E-state index is 0.312. The first-order valence-electron chi connectivity index (χ1n) is 7.06. The summed E-state index contributed by atoms with van der Waals surface area (Å²) < 4.78 is 17.2. The van der Waals surface area contributed by atoms with Crippen LogP contribution in [-0.2, 0) is 0 Å². The van der Waals surface area contributed by atoms with Gasteiger partial charge in [-0.2, -0.15) is 5.26 Å². The molecule has 0 aliphatic rings. The summed E-state index contributed by atoms with van der Waals surface area (Å²) in [7, 11) is 1.59. The van der Waals surface area contributed by atoms with Crippen LogP contribution in [0.25, 0.3) is 0 Å². The number of hydrogen-bond acceptors (Lipinski definition) is 5. The number of methoxy groups -OCH3 is 1. The van der Waals surface area contributed by atoms with Gasteiger partial charge in [-0.3, -0.25) is 0 Å². The molecule has 0 saturated heterocycles. The fourth-order valence-electron chi connectivity index (χ4n) is 2.09. The zero-order valence-electron chi connectivity index (χ0n) is 13.4. The van der Waals surface area contributed by atoms with Crippen molar-refractivity contribution in [2.75, 3.05) is 13.7 Å². The fraction of sp³-hybridized carbons (Fsp3) is 0.294. The molecule has 0 aliphatic heterocycles. The molecule has 0 atom stereocenters. The normalized spacial score (nSPS) is 10.8. The van der Waals surface area contributed by atoms with E-state index in [2.05, 4.69) is 27.0 Å². The van der Waals surface area contributed by atoms with Crippen LogP contribution < -0.4 is 9.47 Å². The number of aliphatic imine (C=N–C) groups is 1. The average Bonchev–Trinajstić information content (AvgIpc) is 2.79. The highest BCUT2D eigenvalue weighted by Crippen LogP contribution is 2.36. The van der Waals surface area contributed by atoms with Crippen molar-refractivity contribution in [3.8, 4) is 17.6 Å². The van der Waals surface area contributed by atoms with Crippen molar-refractivity contribution in [1.82, 2.24) is 0 Å². The van der Waals surface area contributed by atoms with E-state index < -0.39 is 0 Å². The van der Waals surface area contributed by atoms with Crippen molar-refractivity contribution < 1.29 is 13.9 Å². The summed E-state index contributed by atoms with van der Waals surface area (Å²) in [4.78, 5) is 4.30. The van der Waals surface area contributed by atoms with Crippen molar-refractivity contribution in [3.05, 3.63) is 39.1 Å². The Balaban J connectivity index is 2.41. The molecule has 1 aromatic heterocycles. The van der Waals surface area contributed by atoms with Crippen molar-refractivity contribution >= 4 is 28.0 Å². The van der Waals surface area contributed by atoms with Crippen LogP contribution in [0.15, 0.2) is 26.0 Å². The third-order valence-corrected chi connectivity index (χ3v) is 3.93. The lowest BCUT2D eigenvalue weighted by Crippen LogP contribution is -1.97. The molecule has 0 bridgehead atoms. The molecule has 120 valence electrons. The zero-order valence-corrected chi connectivity index (χ0v) is 15.0. The molecular weight excluding hydrogens is 360 g/mol. The van der Waals surface area contributed by atoms with Crippen LogP contribution in [0.5, 0.6) is 11.5 Å². The lowest BCUT2D eigenvalue weighted by Gasteiger charge is -2.11. The molecule has 0 spiro atoms. The molecular formula is C17H17BrN2O3. The first-order valence-corrected chi connectivity index (χ1v) is 7.85. The van der Waals surface area contributed by atoms with Crippen LogP contribution in [0, 0.1) is 25.2 Å². The number of aryl methyl sites for hydroxylation is 1. The summed E-state index contributed by atoms with van der Waals surface area (Å²) >= 11 is 3.46. The Morgan fingerprint density at radius 3 is 2.74 bits per heavy atom. The van der Waals surface area contributed by atoms with Gasteiger partial charge in [0.2, 0.25) is 5.88 Å². The second-order valence-electron chi connectivity index (χ2n) is 4.80. The molecule has 1 heterocycles. The second kappa shape index (κ2) is 7.34. The smallest absolute Gasteiger partial charge is 0.237 e. The van der Waals surface area contributed by atoms with Crippen LogP contribution >= 0.6 is 15.9 Å². The molecule has 0 unspecified atom stereocenters. The van der Waals surface area contributed by atoms with Crippen LogP contribution in [-0.4, -0.2) is 19.9 Å². The number of nitrogens with zero attached hydrogens (tertiary/aromatic N) is 2. The summed E-state index contributed by atoms with van der Waals surface area (Å²) in [6.45, 7) is 6.08. The predicted octanol–water partition coefficient (Wildman–Crippen LogP) is 4.69. The Labute approximate surface area is 143 Å². The molecule has 0 N–H and O–H groups in total. The molecule has 1 aromatic carbocycles. The van der Waals surface area contributed by atoms with Gasteiger partial charge in [0.1, 0.15) is 17.4 Å². The molecule has 0 saturated carbocycles. The largest absolute Gasteiger partial charge is 0.492 e. The topological polar surface area (TPSA) is 67.8 Å². The maximum absolute atomic E-state index is 9.21. The number of ether oxygens (including phenoxy) is 2. The van der Waals surface area contributed by atoms with Gasteiger partial charge in [-0.25, -0.2) is 4.99 Å². The molecule has 6 heteroatoms. The lowest BCUT2D eigenvalue weighted by molar-refractivity contribution is 0.310. The Morgan fingerprint density at radius 1 is 1.39 bits per heavy atom. The highest BCUT2D eigenvalue weighted by Gasteiger charge is 2.14. The van der Waals surface area contributed by atoms with Crippen molar-refractivity contribution in [2.24, 2.45) is 4.99 Å². The molecule has 0 amide bonds. The molecule has 2 rings (SSSR count). The number of rotatable bonds is 5. The van der Waals surface area contributed by atoms with Gasteiger partial charge in [0, 0.05) is 11.8 Å². The fourth-order valence-corrected chi connectivity index (χ4v) is 2.71. The summed E-state index contributed by atoms with van der Waals surface area (Å²) in [5, 5.41) is 9.21. The highest BCUT2D eigenvalue weighted by atomic mass is 79.9. The molecule has 0 radical (unpaired) electrons. The molecule has 5 nitrogen and oxygen atoms in total. The van der Waals surface area contributed by atoms with E-state index in [4.69, 9.17) is 13.9 Å². The van der Waals surface area contributed by atoms with Gasteiger partial charge < -0.3 is 13.9 Å². The van der Waals surface area contributed by atoms with E-state index >= 15 is 0 Å². The Bertz CT molecular complexity index is 788. The molecule has 0 aliphatic carbocycles. The second-order valence-corrected chi connectivity index (χ2v) is 5.65. The molecule has 23 heavy (non-hydrogen) atoms. The number of furan rings is 1. The maximum Gasteiger partial charge on any atom is 0.237 e. The number of benzene rings is 1. The van der Waals surface area contributed by atoms with Gasteiger partial charge in [0.05, 0.1) is 18.2 Å². The first kappa shape index (κ1) is 17.1. The van der Waals surface area contributed by atoms with Crippen molar-refractivity contribution in [2.45, 2.75) is 20.8 Å². The van der Waals surface area contributed by atoms with Crippen LogP contribution in [0.4, 0.5) is 5.88 Å². The van der Waals surface area contributed by atoms with Crippen LogP contribution in [0.1, 0.15) is 29.4 Å².